The number of nitrogens with zero attached hydrogens (tertiary/aromatic N) is 1. The molecule has 2 rings (SSSR count). The van der Waals surface area contributed by atoms with Gasteiger partial charge in [0, 0.05) is 11.8 Å². The van der Waals surface area contributed by atoms with E-state index in [9.17, 15) is 4.79 Å². The summed E-state index contributed by atoms with van der Waals surface area (Å²) in [6.07, 6.45) is 0.521. The average Bonchev–Trinajstić information content (AvgIpc) is 2.28. The fraction of sp³-hybridized carbons (Fsp3) is 0.417. The standard InChI is InChI=1S/C12H14BrNO2/c1-9-2-3-11-10(8-9)14(6-7-16-11)12(15)4-5-13/h2-3,8H,4-7H2,1H3. The number of rotatable bonds is 2. The van der Waals surface area contributed by atoms with Gasteiger partial charge in [-0.25, -0.2) is 0 Å². The lowest BCUT2D eigenvalue weighted by molar-refractivity contribution is -0.118. The number of ether oxygens (including phenoxy) is 1. The first-order chi connectivity index (χ1) is 7.72. The first-order valence-corrected chi connectivity index (χ1v) is 6.44. The molecule has 0 aromatic heterocycles. The molecule has 1 aliphatic rings. The van der Waals surface area contributed by atoms with Gasteiger partial charge in [-0.1, -0.05) is 22.0 Å². The van der Waals surface area contributed by atoms with Crippen LogP contribution in [0.3, 0.4) is 0 Å². The first-order valence-electron chi connectivity index (χ1n) is 5.32. The van der Waals surface area contributed by atoms with Gasteiger partial charge in [0.15, 0.2) is 0 Å². The zero-order valence-corrected chi connectivity index (χ0v) is 10.8. The third-order valence-electron chi connectivity index (χ3n) is 2.59. The van der Waals surface area contributed by atoms with Crippen molar-refractivity contribution in [1.82, 2.24) is 0 Å². The summed E-state index contributed by atoms with van der Waals surface area (Å²) in [5, 5.41) is 0.699. The van der Waals surface area contributed by atoms with Gasteiger partial charge >= 0.3 is 0 Å². The van der Waals surface area contributed by atoms with Crippen LogP contribution >= 0.6 is 15.9 Å². The predicted octanol–water partition coefficient (Wildman–Crippen LogP) is 2.51. The minimum Gasteiger partial charge on any atom is -0.490 e. The van der Waals surface area contributed by atoms with Crippen LogP contribution < -0.4 is 9.64 Å². The lowest BCUT2D eigenvalue weighted by Crippen LogP contribution is -2.38. The Balaban J connectivity index is 2.31. The van der Waals surface area contributed by atoms with Gasteiger partial charge in [-0.3, -0.25) is 4.79 Å². The van der Waals surface area contributed by atoms with Crippen molar-refractivity contribution in [3.63, 3.8) is 0 Å². The molecule has 1 aliphatic heterocycles. The average molecular weight is 284 g/mol. The highest BCUT2D eigenvalue weighted by molar-refractivity contribution is 9.09. The highest BCUT2D eigenvalue weighted by Gasteiger charge is 2.22. The Labute approximate surface area is 104 Å². The van der Waals surface area contributed by atoms with Gasteiger partial charge in [0.25, 0.3) is 0 Å². The van der Waals surface area contributed by atoms with Crippen LogP contribution in [0.5, 0.6) is 5.75 Å². The number of benzene rings is 1. The summed E-state index contributed by atoms with van der Waals surface area (Å²) >= 11 is 3.29. The maximum absolute atomic E-state index is 11.9. The number of carbonyl (C=O) groups is 1. The molecule has 1 aromatic rings. The molecule has 0 bridgehead atoms. The van der Waals surface area contributed by atoms with Crippen molar-refractivity contribution in [2.45, 2.75) is 13.3 Å². The SMILES string of the molecule is Cc1ccc2c(c1)N(C(=O)CCBr)CCO2. The highest BCUT2D eigenvalue weighted by atomic mass is 79.9. The van der Waals surface area contributed by atoms with Gasteiger partial charge in [-0.05, 0) is 24.6 Å². The molecule has 1 aromatic carbocycles. The Morgan fingerprint density at radius 3 is 3.12 bits per heavy atom. The second kappa shape index (κ2) is 4.87. The third kappa shape index (κ3) is 2.21. The monoisotopic (exact) mass is 283 g/mol. The second-order valence-electron chi connectivity index (χ2n) is 3.80. The van der Waals surface area contributed by atoms with Crippen LogP contribution in [-0.2, 0) is 4.79 Å². The number of alkyl halides is 1. The van der Waals surface area contributed by atoms with Gasteiger partial charge in [-0.2, -0.15) is 0 Å². The summed E-state index contributed by atoms with van der Waals surface area (Å²) in [6.45, 7) is 3.23. The van der Waals surface area contributed by atoms with Crippen LogP contribution in [0.2, 0.25) is 0 Å². The Morgan fingerprint density at radius 2 is 2.38 bits per heavy atom. The lowest BCUT2D eigenvalue weighted by atomic mass is 10.1. The number of fused-ring (bicyclic) bond motifs is 1. The molecular formula is C12H14BrNO2. The number of halogens is 1. The maximum Gasteiger partial charge on any atom is 0.228 e. The zero-order chi connectivity index (χ0) is 11.5. The summed E-state index contributed by atoms with van der Waals surface area (Å²) in [5.74, 6) is 0.951. The van der Waals surface area contributed by atoms with Gasteiger partial charge in [-0.15, -0.1) is 0 Å². The largest absolute Gasteiger partial charge is 0.490 e. The molecule has 4 heteroatoms. The smallest absolute Gasteiger partial charge is 0.228 e. The van der Waals surface area contributed by atoms with Crippen LogP contribution in [-0.4, -0.2) is 24.4 Å². The molecule has 0 fully saturated rings. The van der Waals surface area contributed by atoms with E-state index in [4.69, 9.17) is 4.74 Å². The number of hydrogen-bond acceptors (Lipinski definition) is 2. The van der Waals surface area contributed by atoms with E-state index in [0.29, 0.717) is 24.9 Å². The van der Waals surface area contributed by atoms with Gasteiger partial charge in [0.2, 0.25) is 5.91 Å². The van der Waals surface area contributed by atoms with Crippen molar-refractivity contribution in [2.75, 3.05) is 23.4 Å². The van der Waals surface area contributed by atoms with Crippen LogP contribution in [0, 0.1) is 6.92 Å². The molecule has 3 nitrogen and oxygen atoms in total. The first kappa shape index (κ1) is 11.5. The van der Waals surface area contributed by atoms with Crippen LogP contribution in [0.25, 0.3) is 0 Å². The van der Waals surface area contributed by atoms with Crippen molar-refractivity contribution < 1.29 is 9.53 Å². The molecule has 86 valence electrons. The van der Waals surface area contributed by atoms with Crippen molar-refractivity contribution in [3.05, 3.63) is 23.8 Å². The normalized spacial score (nSPS) is 14.2. The summed E-state index contributed by atoms with van der Waals surface area (Å²) in [6, 6.07) is 5.93. The fourth-order valence-corrected chi connectivity index (χ4v) is 2.14. The topological polar surface area (TPSA) is 29.5 Å². The highest BCUT2D eigenvalue weighted by Crippen LogP contribution is 2.32. The van der Waals surface area contributed by atoms with E-state index in [0.717, 1.165) is 17.0 Å². The number of carbonyl (C=O) groups excluding carboxylic acids is 1. The molecule has 0 radical (unpaired) electrons. The molecule has 0 saturated heterocycles. The van der Waals surface area contributed by atoms with Crippen molar-refractivity contribution in [3.8, 4) is 5.75 Å². The molecule has 1 heterocycles. The Morgan fingerprint density at radius 1 is 1.56 bits per heavy atom. The van der Waals surface area contributed by atoms with E-state index in [1.54, 1.807) is 0 Å². The van der Waals surface area contributed by atoms with Crippen LogP contribution in [0.4, 0.5) is 5.69 Å². The quantitative estimate of drug-likeness (QED) is 0.781. The number of amides is 1. The minimum atomic E-state index is 0.145. The van der Waals surface area contributed by atoms with Gasteiger partial charge in [0.1, 0.15) is 12.4 Å². The third-order valence-corrected chi connectivity index (χ3v) is 2.98. The molecule has 1 amide bonds. The lowest BCUT2D eigenvalue weighted by Gasteiger charge is -2.29. The van der Waals surface area contributed by atoms with Gasteiger partial charge in [0.05, 0.1) is 12.2 Å². The van der Waals surface area contributed by atoms with E-state index in [2.05, 4.69) is 15.9 Å². The minimum absolute atomic E-state index is 0.145. The molecule has 0 N–H and O–H groups in total. The van der Waals surface area contributed by atoms with Crippen molar-refractivity contribution in [2.24, 2.45) is 0 Å². The maximum atomic E-state index is 11.9. The molecule has 0 unspecified atom stereocenters. The molecule has 16 heavy (non-hydrogen) atoms. The molecular weight excluding hydrogens is 270 g/mol. The molecule has 0 aliphatic carbocycles. The van der Waals surface area contributed by atoms with E-state index < -0.39 is 0 Å². The summed E-state index contributed by atoms with van der Waals surface area (Å²) in [4.78, 5) is 13.7. The van der Waals surface area contributed by atoms with Crippen LogP contribution in [0.1, 0.15) is 12.0 Å². The van der Waals surface area contributed by atoms with Gasteiger partial charge < -0.3 is 9.64 Å². The Bertz CT molecular complexity index is 406. The fourth-order valence-electron chi connectivity index (χ4n) is 1.80. The van der Waals surface area contributed by atoms with Crippen molar-refractivity contribution >= 4 is 27.5 Å². The number of anilines is 1. The number of hydrogen-bond donors (Lipinski definition) is 0. The summed E-state index contributed by atoms with van der Waals surface area (Å²) in [7, 11) is 0. The molecule has 0 saturated carbocycles. The van der Waals surface area contributed by atoms with Crippen LogP contribution in [0.15, 0.2) is 18.2 Å². The second-order valence-corrected chi connectivity index (χ2v) is 4.60. The van der Waals surface area contributed by atoms with E-state index in [1.807, 2.05) is 30.0 Å². The van der Waals surface area contributed by atoms with E-state index in [1.165, 1.54) is 0 Å². The van der Waals surface area contributed by atoms with E-state index in [-0.39, 0.29) is 5.91 Å². The number of aryl methyl sites for hydroxylation is 1. The molecule has 0 spiro atoms. The predicted molar refractivity (Wildman–Crippen MR) is 67.4 cm³/mol. The Hall–Kier alpha value is -1.03. The summed E-state index contributed by atoms with van der Waals surface area (Å²) < 4.78 is 5.53. The van der Waals surface area contributed by atoms with Crippen molar-refractivity contribution in [1.29, 1.82) is 0 Å². The summed E-state index contributed by atoms with van der Waals surface area (Å²) in [5.41, 5.74) is 2.04. The zero-order valence-electron chi connectivity index (χ0n) is 9.20. The Kier molecular flexibility index (Phi) is 3.49. The molecule has 0 atom stereocenters. The van der Waals surface area contributed by atoms with E-state index >= 15 is 0 Å².